The van der Waals surface area contributed by atoms with Crippen LogP contribution in [0.4, 0.5) is 0 Å². The van der Waals surface area contributed by atoms with E-state index < -0.39 is 0 Å². The number of hydrogen-bond donors (Lipinski definition) is 0. The van der Waals surface area contributed by atoms with Crippen molar-refractivity contribution in [1.82, 2.24) is 0 Å². The molecular weight excluding hydrogens is 153 g/mol. The largest absolute Gasteiger partial charge is 0 e. The summed E-state index contributed by atoms with van der Waals surface area (Å²) >= 11 is -0.271. The van der Waals surface area contributed by atoms with Crippen LogP contribution in [0.25, 0.3) is 0 Å². The van der Waals surface area contributed by atoms with E-state index in [1.807, 2.05) is 0 Å². The fourth-order valence-electron chi connectivity index (χ4n) is 0. The molecule has 1 radical (unpaired) electrons. The van der Waals surface area contributed by atoms with Crippen molar-refractivity contribution < 1.29 is 36.8 Å². The molecule has 0 aromatic rings. The fourth-order valence-corrected chi connectivity index (χ4v) is 0. The molecule has 0 aliphatic carbocycles. The summed E-state index contributed by atoms with van der Waals surface area (Å²) in [6, 6.07) is 0. The zero-order valence-corrected chi connectivity index (χ0v) is 5.54. The molecule has 0 amide bonds. The molecule has 1 unspecified atom stereocenters. The third-order valence-corrected chi connectivity index (χ3v) is 0. The molecule has 4 heteroatoms. The van der Waals surface area contributed by atoms with Gasteiger partial charge in [-0.2, -0.15) is 0 Å². The predicted octanol–water partition coefficient (Wildman–Crippen LogP) is 0.202. The Morgan fingerprint density at radius 3 is 1.75 bits per heavy atom. The smallest absolute Gasteiger partial charge is 0 e. The van der Waals surface area contributed by atoms with Gasteiger partial charge in [0.25, 0.3) is 0 Å². The van der Waals surface area contributed by atoms with Gasteiger partial charge in [0.05, 0.1) is 0 Å². The van der Waals surface area contributed by atoms with Gasteiger partial charge in [-0.05, 0) is 0 Å². The summed E-state index contributed by atoms with van der Waals surface area (Å²) in [5.74, 6) is 0. The second-order valence-electron chi connectivity index (χ2n) is 0.0891. The van der Waals surface area contributed by atoms with Crippen LogP contribution in [0, 0.1) is 0 Å². The van der Waals surface area contributed by atoms with Crippen molar-refractivity contribution in [2.75, 3.05) is 0 Å². The van der Waals surface area contributed by atoms with Gasteiger partial charge in [-0.25, -0.2) is 0 Å². The van der Waals surface area contributed by atoms with E-state index in [4.69, 9.17) is 3.83 Å². The van der Waals surface area contributed by atoms with Crippen LogP contribution in [0.5, 0.6) is 0 Å². The molecule has 0 aliphatic rings. The molecule has 4 heavy (non-hydrogen) atoms. The average molecular weight is 155 g/mol. The molecule has 0 aliphatic heterocycles. The van der Waals surface area contributed by atoms with E-state index in [2.05, 4.69) is 7.93 Å². The van der Waals surface area contributed by atoms with Gasteiger partial charge in [-0.3, -0.25) is 0 Å². The standard InChI is InChI=1S/Mn.O.H2P.V/h;;1H2;/q+1;;-1;. The molecule has 0 heterocycles. The van der Waals surface area contributed by atoms with Gasteiger partial charge >= 0.3 is 26.2 Å². The maximum Gasteiger partial charge on any atom is 0 e. The van der Waals surface area contributed by atoms with Crippen molar-refractivity contribution in [2.24, 2.45) is 0 Å². The van der Waals surface area contributed by atoms with Crippen LogP contribution in [-0.4, -0.2) is 0 Å². The minimum absolute atomic E-state index is 0. The zero-order valence-electron chi connectivity index (χ0n) is 1.81. The van der Waals surface area contributed by atoms with E-state index in [0.717, 1.165) is 0 Å². The Kier molecular flexibility index (Phi) is 19.9. The molecular formula is H2MnOPV. The Morgan fingerprint density at radius 1 is 1.75 bits per heavy atom. The van der Waals surface area contributed by atoms with Gasteiger partial charge in [0.1, 0.15) is 0 Å². The van der Waals surface area contributed by atoms with Crippen molar-refractivity contribution >= 4 is 7.93 Å². The summed E-state index contributed by atoms with van der Waals surface area (Å²) in [6.07, 6.45) is 0. The first-order valence-electron chi connectivity index (χ1n) is 0.373. The minimum Gasteiger partial charge on any atom is 0 e. The van der Waals surface area contributed by atoms with Crippen LogP contribution in [0.1, 0.15) is 0 Å². The first kappa shape index (κ1) is 9.01. The molecule has 0 aromatic heterocycles. The Hall–Kier alpha value is 1.33. The van der Waals surface area contributed by atoms with Crippen LogP contribution in [0.2, 0.25) is 0 Å². The fraction of sp³-hybridized carbons (Fsp3) is 0. The first-order valence-corrected chi connectivity index (χ1v) is 3.34. The summed E-state index contributed by atoms with van der Waals surface area (Å²) in [6.45, 7) is 0. The molecule has 0 fully saturated rings. The van der Waals surface area contributed by atoms with E-state index in [1.54, 1.807) is 0 Å². The molecule has 0 rings (SSSR count). The van der Waals surface area contributed by atoms with Crippen LogP contribution < -0.4 is 0 Å². The Balaban J connectivity index is 0. The second-order valence-corrected chi connectivity index (χ2v) is 1.10. The van der Waals surface area contributed by atoms with E-state index in [0.29, 0.717) is 0 Å². The second kappa shape index (κ2) is 8.84. The Morgan fingerprint density at radius 2 is 1.75 bits per heavy atom. The molecule has 1 nitrogen and oxygen atoms in total. The van der Waals surface area contributed by atoms with Crippen molar-refractivity contribution in [3.8, 4) is 0 Å². The molecule has 0 N–H and O–H groups in total. The molecule has 0 saturated heterocycles. The molecule has 1 atom stereocenters. The van der Waals surface area contributed by atoms with Crippen molar-refractivity contribution in [1.29, 1.82) is 0 Å². The van der Waals surface area contributed by atoms with Gasteiger partial charge in [0.15, 0.2) is 0 Å². The summed E-state index contributed by atoms with van der Waals surface area (Å²) in [7, 11) is 2.05. The van der Waals surface area contributed by atoms with Gasteiger partial charge < -0.3 is 0 Å². The molecule has 0 bridgehead atoms. The van der Waals surface area contributed by atoms with Gasteiger partial charge in [-0.1, -0.05) is 0 Å². The summed E-state index contributed by atoms with van der Waals surface area (Å²) in [4.78, 5) is 0. The third-order valence-electron chi connectivity index (χ3n) is 0. The quantitative estimate of drug-likeness (QED) is 0.360. The van der Waals surface area contributed by atoms with Crippen molar-refractivity contribution in [2.45, 2.75) is 0 Å². The van der Waals surface area contributed by atoms with Crippen LogP contribution in [0.15, 0.2) is 0 Å². The minimum atomic E-state index is -0.271. The topological polar surface area (TPSA) is 17.1 Å². The number of rotatable bonds is 0. The SMILES string of the molecule is [O]=[Mn][PH2].[V]. The van der Waals surface area contributed by atoms with Crippen LogP contribution in [0.3, 0.4) is 0 Å². The van der Waals surface area contributed by atoms with Gasteiger partial charge in [-0.15, -0.1) is 0 Å². The molecule has 25 valence electrons. The summed E-state index contributed by atoms with van der Waals surface area (Å²) in [5.41, 5.74) is 0. The van der Waals surface area contributed by atoms with E-state index in [1.165, 1.54) is 0 Å². The normalized spacial score (nSPS) is 4.25. The monoisotopic (exact) mass is 155 g/mol. The van der Waals surface area contributed by atoms with Gasteiger partial charge in [0, 0.05) is 18.6 Å². The zero-order chi connectivity index (χ0) is 2.71. The molecule has 0 aromatic carbocycles. The van der Waals surface area contributed by atoms with Crippen LogP contribution >= 0.6 is 7.93 Å². The number of hydrogen-bond acceptors (Lipinski definition) is 1. The first-order chi connectivity index (χ1) is 1.41. The average Bonchev–Trinajstić information content (AvgIpc) is 0.918. The summed E-state index contributed by atoms with van der Waals surface area (Å²) in [5, 5.41) is 0. The van der Waals surface area contributed by atoms with Crippen molar-refractivity contribution in [3.63, 3.8) is 0 Å². The van der Waals surface area contributed by atoms with Crippen molar-refractivity contribution in [3.05, 3.63) is 0 Å². The maximum absolute atomic E-state index is 8.92. The van der Waals surface area contributed by atoms with E-state index >= 15 is 0 Å². The van der Waals surface area contributed by atoms with Gasteiger partial charge in [0.2, 0.25) is 0 Å². The van der Waals surface area contributed by atoms with E-state index in [9.17, 15) is 0 Å². The third kappa shape index (κ3) is 10.2. The summed E-state index contributed by atoms with van der Waals surface area (Å²) < 4.78 is 8.92. The molecule has 0 saturated carbocycles. The Bertz CT molecular complexity index is 15.5. The van der Waals surface area contributed by atoms with E-state index in [-0.39, 0.29) is 33.0 Å². The predicted molar refractivity (Wildman–Crippen MR) is 10.4 cm³/mol. The molecule has 0 spiro atoms. The Labute approximate surface area is 45.0 Å². The van der Waals surface area contributed by atoms with Crippen LogP contribution in [-0.2, 0) is 36.8 Å². The maximum atomic E-state index is 8.92.